The second-order valence-corrected chi connectivity index (χ2v) is 7.85. The first-order valence-electron chi connectivity index (χ1n) is 9.80. The number of rotatable bonds is 4. The van der Waals surface area contributed by atoms with Gasteiger partial charge in [0.2, 0.25) is 0 Å². The van der Waals surface area contributed by atoms with Crippen LogP contribution in [0.4, 0.5) is 0 Å². The first-order chi connectivity index (χ1) is 14.1. The van der Waals surface area contributed by atoms with Gasteiger partial charge in [-0.1, -0.05) is 12.1 Å². The van der Waals surface area contributed by atoms with Crippen molar-refractivity contribution in [1.29, 1.82) is 5.26 Å². The number of fused-ring (bicyclic) bond motifs is 3. The summed E-state index contributed by atoms with van der Waals surface area (Å²) in [7, 11) is 0. The Bertz CT molecular complexity index is 1170. The molecule has 4 N–H and O–H groups in total. The van der Waals surface area contributed by atoms with Crippen LogP contribution in [0.2, 0.25) is 0 Å². The lowest BCUT2D eigenvalue weighted by Gasteiger charge is -2.17. The van der Waals surface area contributed by atoms with Crippen LogP contribution in [0.25, 0.3) is 22.5 Å². The number of aromatic nitrogens is 2. The van der Waals surface area contributed by atoms with Crippen LogP contribution < -0.4 is 5.73 Å². The molecular formula is C23H20N4O2. The second kappa shape index (κ2) is 6.57. The summed E-state index contributed by atoms with van der Waals surface area (Å²) in [6.45, 7) is 0. The van der Waals surface area contributed by atoms with Gasteiger partial charge >= 0.3 is 5.97 Å². The maximum absolute atomic E-state index is 12.0. The summed E-state index contributed by atoms with van der Waals surface area (Å²) < 4.78 is 0. The van der Waals surface area contributed by atoms with Gasteiger partial charge in [-0.25, -0.2) is 4.79 Å². The quantitative estimate of drug-likeness (QED) is 0.632. The van der Waals surface area contributed by atoms with Crippen molar-refractivity contribution in [2.75, 3.05) is 0 Å². The highest BCUT2D eigenvalue weighted by atomic mass is 16.4. The number of benzene rings is 1. The molecule has 0 bridgehead atoms. The Hall–Kier alpha value is -3.43. The van der Waals surface area contributed by atoms with Crippen LogP contribution in [-0.2, 0) is 12.8 Å². The summed E-state index contributed by atoms with van der Waals surface area (Å²) in [5.41, 5.74) is 13.5. The summed E-state index contributed by atoms with van der Waals surface area (Å²) in [6.07, 6.45) is 5.38. The number of carboxylic acids is 1. The Morgan fingerprint density at radius 3 is 2.69 bits per heavy atom. The molecule has 6 heteroatoms. The number of carbonyl (C=O) groups is 1. The number of carboxylic acid groups (broad SMARTS) is 1. The predicted octanol–water partition coefficient (Wildman–Crippen LogP) is 3.82. The average Bonchev–Trinajstić information content (AvgIpc) is 3.51. The molecule has 29 heavy (non-hydrogen) atoms. The molecule has 1 saturated carbocycles. The first-order valence-corrected chi connectivity index (χ1v) is 9.80. The van der Waals surface area contributed by atoms with Crippen molar-refractivity contribution in [3.63, 3.8) is 0 Å². The van der Waals surface area contributed by atoms with Crippen LogP contribution in [-0.4, -0.2) is 21.0 Å². The van der Waals surface area contributed by atoms with E-state index in [9.17, 15) is 9.90 Å². The minimum absolute atomic E-state index is 0.269. The van der Waals surface area contributed by atoms with Crippen LogP contribution in [0.15, 0.2) is 36.5 Å². The Morgan fingerprint density at radius 1 is 1.28 bits per heavy atom. The number of nitrogens with one attached hydrogen (secondary N) is 1. The molecule has 1 unspecified atom stereocenters. The standard InChI is InChI=1S/C23H20N4O2/c24-10-12-1-3-13(4-2-12)18-9-17-15(11-26-18)7-8-16-19(23(28)29)22(27-21(16)17)20(25)14-5-6-14/h1-4,9,11,14,20,27H,5-8,25H2,(H,28,29). The van der Waals surface area contributed by atoms with Gasteiger partial charge < -0.3 is 15.8 Å². The Balaban J connectivity index is 1.63. The number of aromatic carboxylic acids is 1. The molecule has 2 aliphatic carbocycles. The largest absolute Gasteiger partial charge is 0.478 e. The third kappa shape index (κ3) is 2.91. The monoisotopic (exact) mass is 384 g/mol. The summed E-state index contributed by atoms with van der Waals surface area (Å²) in [5.74, 6) is -0.558. The third-order valence-electron chi connectivity index (χ3n) is 6.02. The molecule has 0 aliphatic heterocycles. The summed E-state index contributed by atoms with van der Waals surface area (Å²) in [5, 5.41) is 18.9. The van der Waals surface area contributed by atoms with E-state index in [2.05, 4.69) is 16.0 Å². The molecule has 144 valence electrons. The van der Waals surface area contributed by atoms with E-state index >= 15 is 0 Å². The lowest BCUT2D eigenvalue weighted by Crippen LogP contribution is -2.17. The molecule has 6 nitrogen and oxygen atoms in total. The van der Waals surface area contributed by atoms with Crippen molar-refractivity contribution in [1.82, 2.24) is 9.97 Å². The molecule has 1 fully saturated rings. The van der Waals surface area contributed by atoms with E-state index in [0.29, 0.717) is 29.2 Å². The Labute approximate surface area is 168 Å². The summed E-state index contributed by atoms with van der Waals surface area (Å²) in [6, 6.07) is 11.1. The van der Waals surface area contributed by atoms with Crippen molar-refractivity contribution >= 4 is 5.97 Å². The highest BCUT2D eigenvalue weighted by Gasteiger charge is 2.36. The Morgan fingerprint density at radius 2 is 2.03 bits per heavy atom. The molecule has 0 radical (unpaired) electrons. The predicted molar refractivity (Wildman–Crippen MR) is 108 cm³/mol. The van der Waals surface area contributed by atoms with Gasteiger partial charge in [-0.3, -0.25) is 4.98 Å². The number of hydrogen-bond donors (Lipinski definition) is 3. The molecule has 2 aromatic heterocycles. The van der Waals surface area contributed by atoms with Gasteiger partial charge in [0.25, 0.3) is 0 Å². The van der Waals surface area contributed by atoms with Gasteiger partial charge in [0.05, 0.1) is 28.6 Å². The van der Waals surface area contributed by atoms with Crippen LogP contribution in [0, 0.1) is 17.2 Å². The lowest BCUT2D eigenvalue weighted by molar-refractivity contribution is 0.0694. The number of nitrogens with two attached hydrogens (primary N) is 1. The normalized spacial score (nSPS) is 15.9. The second-order valence-electron chi connectivity index (χ2n) is 7.85. The number of nitrogens with zero attached hydrogens (tertiary/aromatic N) is 2. The molecule has 0 saturated heterocycles. The SMILES string of the molecule is N#Cc1ccc(-c2cc3c(cn2)CCc2c-3[nH]c(C(N)C3CC3)c2C(=O)O)cc1. The molecule has 5 rings (SSSR count). The van der Waals surface area contributed by atoms with E-state index in [1.54, 1.807) is 12.1 Å². The lowest BCUT2D eigenvalue weighted by atomic mass is 9.88. The summed E-state index contributed by atoms with van der Waals surface area (Å²) >= 11 is 0. The Kier molecular flexibility index (Phi) is 4.00. The molecule has 2 heterocycles. The zero-order valence-corrected chi connectivity index (χ0v) is 15.8. The zero-order valence-electron chi connectivity index (χ0n) is 15.8. The van der Waals surface area contributed by atoms with E-state index in [1.807, 2.05) is 24.4 Å². The smallest absolute Gasteiger partial charge is 0.337 e. The van der Waals surface area contributed by atoms with Gasteiger partial charge in [0.1, 0.15) is 0 Å². The van der Waals surface area contributed by atoms with Crippen molar-refractivity contribution in [3.8, 4) is 28.6 Å². The van der Waals surface area contributed by atoms with E-state index in [-0.39, 0.29) is 6.04 Å². The van der Waals surface area contributed by atoms with Crippen LogP contribution in [0.5, 0.6) is 0 Å². The molecule has 1 atom stereocenters. The van der Waals surface area contributed by atoms with Gasteiger partial charge in [0, 0.05) is 29.1 Å². The fourth-order valence-corrected chi connectivity index (χ4v) is 4.27. The van der Waals surface area contributed by atoms with E-state index in [0.717, 1.165) is 52.9 Å². The van der Waals surface area contributed by atoms with Gasteiger partial charge in [-0.05, 0) is 60.9 Å². The van der Waals surface area contributed by atoms with Gasteiger partial charge in [-0.2, -0.15) is 5.26 Å². The fraction of sp³-hybridized carbons (Fsp3) is 0.261. The molecule has 3 aromatic rings. The van der Waals surface area contributed by atoms with E-state index < -0.39 is 5.97 Å². The van der Waals surface area contributed by atoms with Crippen molar-refractivity contribution in [2.24, 2.45) is 11.7 Å². The average molecular weight is 384 g/mol. The molecule has 2 aliphatic rings. The maximum atomic E-state index is 12.0. The van der Waals surface area contributed by atoms with E-state index in [1.165, 1.54) is 0 Å². The highest BCUT2D eigenvalue weighted by molar-refractivity contribution is 5.95. The molecular weight excluding hydrogens is 364 g/mol. The van der Waals surface area contributed by atoms with Crippen LogP contribution in [0.3, 0.4) is 0 Å². The van der Waals surface area contributed by atoms with E-state index in [4.69, 9.17) is 11.0 Å². The third-order valence-corrected chi connectivity index (χ3v) is 6.02. The fourth-order valence-electron chi connectivity index (χ4n) is 4.27. The molecule has 0 amide bonds. The number of pyridine rings is 1. The number of nitriles is 1. The van der Waals surface area contributed by atoms with Crippen LogP contribution in [0.1, 0.15) is 51.6 Å². The maximum Gasteiger partial charge on any atom is 0.337 e. The number of aryl methyl sites for hydroxylation is 1. The van der Waals surface area contributed by atoms with Gasteiger partial charge in [-0.15, -0.1) is 0 Å². The van der Waals surface area contributed by atoms with Crippen molar-refractivity contribution < 1.29 is 9.90 Å². The number of H-pyrrole nitrogens is 1. The number of hydrogen-bond acceptors (Lipinski definition) is 4. The van der Waals surface area contributed by atoms with Crippen LogP contribution >= 0.6 is 0 Å². The zero-order chi connectivity index (χ0) is 20.1. The number of aromatic amines is 1. The van der Waals surface area contributed by atoms with Crippen molar-refractivity contribution in [3.05, 3.63) is 64.5 Å². The first kappa shape index (κ1) is 17.7. The summed E-state index contributed by atoms with van der Waals surface area (Å²) in [4.78, 5) is 20.0. The molecule has 1 aromatic carbocycles. The minimum Gasteiger partial charge on any atom is -0.478 e. The minimum atomic E-state index is -0.918. The van der Waals surface area contributed by atoms with Crippen molar-refractivity contribution in [2.45, 2.75) is 31.7 Å². The topological polar surface area (TPSA) is 116 Å². The van der Waals surface area contributed by atoms with Gasteiger partial charge in [0.15, 0.2) is 0 Å². The highest BCUT2D eigenvalue weighted by Crippen LogP contribution is 2.44. The molecule has 0 spiro atoms.